The first-order valence-corrected chi connectivity index (χ1v) is 7.95. The number of ether oxygens (including phenoxy) is 1. The summed E-state index contributed by atoms with van der Waals surface area (Å²) in [5.74, 6) is -0.953. The summed E-state index contributed by atoms with van der Waals surface area (Å²) in [4.78, 5) is 26.0. The van der Waals surface area contributed by atoms with E-state index in [0.29, 0.717) is 6.54 Å². The molecule has 5 nitrogen and oxygen atoms in total. The van der Waals surface area contributed by atoms with Gasteiger partial charge in [-0.05, 0) is 33.3 Å². The lowest BCUT2D eigenvalue weighted by Crippen LogP contribution is -2.52. The van der Waals surface area contributed by atoms with Gasteiger partial charge in [-0.3, -0.25) is 4.79 Å². The second kappa shape index (κ2) is 6.24. The Kier molecular flexibility index (Phi) is 4.82. The average Bonchev–Trinajstić information content (AvgIpc) is 2.77. The molecule has 0 spiro atoms. The Morgan fingerprint density at radius 1 is 1.65 bits per heavy atom. The number of thiophene rings is 1. The molecule has 20 heavy (non-hydrogen) atoms. The van der Waals surface area contributed by atoms with Crippen LogP contribution >= 0.6 is 27.3 Å². The molecule has 0 aromatic carbocycles. The summed E-state index contributed by atoms with van der Waals surface area (Å²) >= 11 is 4.84. The van der Waals surface area contributed by atoms with Gasteiger partial charge in [0.25, 0.3) is 0 Å². The zero-order valence-corrected chi connectivity index (χ0v) is 13.6. The summed E-state index contributed by atoms with van der Waals surface area (Å²) < 4.78 is 6.06. The Bertz CT molecular complexity index is 516. The van der Waals surface area contributed by atoms with Gasteiger partial charge in [-0.25, -0.2) is 4.79 Å². The normalized spacial score (nSPS) is 23.4. The van der Waals surface area contributed by atoms with Crippen molar-refractivity contribution in [2.75, 3.05) is 13.2 Å². The molecule has 0 radical (unpaired) electrons. The Hall–Kier alpha value is -0.920. The minimum absolute atomic E-state index is 0.165. The summed E-state index contributed by atoms with van der Waals surface area (Å²) in [6.07, 6.45) is -1.03. The van der Waals surface area contributed by atoms with E-state index in [0.717, 1.165) is 9.35 Å². The van der Waals surface area contributed by atoms with E-state index in [1.54, 1.807) is 4.90 Å². The molecule has 2 heterocycles. The van der Waals surface area contributed by atoms with E-state index in [-0.39, 0.29) is 18.4 Å². The first-order valence-electron chi connectivity index (χ1n) is 6.28. The van der Waals surface area contributed by atoms with E-state index in [9.17, 15) is 14.7 Å². The number of hydrogen-bond donors (Lipinski definition) is 1. The number of halogens is 1. The third-order valence-corrected chi connectivity index (χ3v) is 4.99. The minimum atomic E-state index is -1.04. The molecule has 1 aliphatic rings. The first kappa shape index (κ1) is 15.5. The summed E-state index contributed by atoms with van der Waals surface area (Å²) in [6, 6.07) is 1.27. The molecule has 2 rings (SSSR count). The molecular weight excluding hydrogens is 346 g/mol. The number of carbonyl (C=O) groups is 2. The largest absolute Gasteiger partial charge is 0.479 e. The lowest BCUT2D eigenvalue weighted by Gasteiger charge is -2.39. The van der Waals surface area contributed by atoms with Crippen molar-refractivity contribution in [3.8, 4) is 0 Å². The lowest BCUT2D eigenvalue weighted by atomic mass is 10.0. The van der Waals surface area contributed by atoms with Crippen LogP contribution in [0.1, 0.15) is 24.8 Å². The number of amides is 1. The van der Waals surface area contributed by atoms with Crippen LogP contribution in [0.4, 0.5) is 0 Å². The molecule has 1 aromatic heterocycles. The van der Waals surface area contributed by atoms with Gasteiger partial charge in [0, 0.05) is 15.9 Å². The van der Waals surface area contributed by atoms with Gasteiger partial charge in [0.15, 0.2) is 6.10 Å². The maximum Gasteiger partial charge on any atom is 0.335 e. The maximum absolute atomic E-state index is 12.1. The van der Waals surface area contributed by atoms with Gasteiger partial charge in [0.2, 0.25) is 5.91 Å². The van der Waals surface area contributed by atoms with Crippen molar-refractivity contribution in [1.29, 1.82) is 0 Å². The highest BCUT2D eigenvalue weighted by molar-refractivity contribution is 9.10. The quantitative estimate of drug-likeness (QED) is 0.894. The van der Waals surface area contributed by atoms with Crippen LogP contribution in [-0.2, 0) is 14.3 Å². The number of carboxylic acids is 1. The Morgan fingerprint density at radius 3 is 2.85 bits per heavy atom. The molecule has 0 aliphatic carbocycles. The topological polar surface area (TPSA) is 66.8 Å². The van der Waals surface area contributed by atoms with Gasteiger partial charge in [0.1, 0.15) is 12.6 Å². The molecule has 2 atom stereocenters. The first-order chi connectivity index (χ1) is 9.41. The van der Waals surface area contributed by atoms with Crippen molar-refractivity contribution >= 4 is 39.1 Å². The van der Waals surface area contributed by atoms with Crippen LogP contribution in [0.15, 0.2) is 15.9 Å². The maximum atomic E-state index is 12.1. The number of rotatable bonds is 4. The number of carboxylic acid groups (broad SMARTS) is 1. The molecule has 2 unspecified atom stereocenters. The van der Waals surface area contributed by atoms with Crippen molar-refractivity contribution in [3.63, 3.8) is 0 Å². The molecule has 1 aromatic rings. The van der Waals surface area contributed by atoms with E-state index in [4.69, 9.17) is 4.74 Å². The molecule has 0 saturated carbocycles. The average molecular weight is 362 g/mol. The van der Waals surface area contributed by atoms with Crippen LogP contribution in [0.3, 0.4) is 0 Å². The van der Waals surface area contributed by atoms with Crippen LogP contribution in [0, 0.1) is 5.92 Å². The summed E-state index contributed by atoms with van der Waals surface area (Å²) in [6.45, 7) is 4.34. The van der Waals surface area contributed by atoms with Gasteiger partial charge < -0.3 is 14.7 Å². The highest BCUT2D eigenvalue weighted by atomic mass is 79.9. The molecule has 7 heteroatoms. The number of hydrogen-bond acceptors (Lipinski definition) is 4. The van der Waals surface area contributed by atoms with E-state index in [1.807, 2.05) is 25.3 Å². The van der Waals surface area contributed by atoms with Crippen LogP contribution in [0.25, 0.3) is 0 Å². The monoisotopic (exact) mass is 361 g/mol. The fourth-order valence-electron chi connectivity index (χ4n) is 2.26. The zero-order valence-electron chi connectivity index (χ0n) is 11.2. The van der Waals surface area contributed by atoms with Crippen LogP contribution in [0.5, 0.6) is 0 Å². The second-order valence-corrected chi connectivity index (χ2v) is 6.89. The van der Waals surface area contributed by atoms with Gasteiger partial charge in [0.05, 0.1) is 0 Å². The van der Waals surface area contributed by atoms with Crippen molar-refractivity contribution < 1.29 is 19.4 Å². The fraction of sp³-hybridized carbons (Fsp3) is 0.538. The van der Waals surface area contributed by atoms with Gasteiger partial charge in [-0.1, -0.05) is 13.8 Å². The highest BCUT2D eigenvalue weighted by Crippen LogP contribution is 2.38. The van der Waals surface area contributed by atoms with E-state index < -0.39 is 18.1 Å². The molecule has 1 saturated heterocycles. The predicted octanol–water partition coefficient (Wildman–Crippen LogP) is 2.52. The van der Waals surface area contributed by atoms with Crippen molar-refractivity contribution in [1.82, 2.24) is 4.90 Å². The zero-order chi connectivity index (χ0) is 14.9. The highest BCUT2D eigenvalue weighted by Gasteiger charge is 2.43. The molecule has 1 amide bonds. The number of aliphatic carboxylic acids is 1. The number of carbonyl (C=O) groups excluding carboxylic acids is 1. The Labute approximate surface area is 129 Å². The van der Waals surface area contributed by atoms with Crippen molar-refractivity contribution in [2.24, 2.45) is 5.92 Å². The third kappa shape index (κ3) is 3.05. The summed E-state index contributed by atoms with van der Waals surface area (Å²) in [5.41, 5.74) is 0. The van der Waals surface area contributed by atoms with E-state index >= 15 is 0 Å². The SMILES string of the molecule is CC(C)CN1C(=O)COC(C(=O)O)C1c1sccc1Br. The van der Waals surface area contributed by atoms with E-state index in [1.165, 1.54) is 11.3 Å². The smallest absolute Gasteiger partial charge is 0.335 e. The molecule has 0 bridgehead atoms. The Morgan fingerprint density at radius 2 is 2.35 bits per heavy atom. The number of morpholine rings is 1. The standard InChI is InChI=1S/C13H16BrNO4S/c1-7(2)5-15-9(16)6-19-11(13(17)18)10(15)12-8(14)3-4-20-12/h3-4,7,10-11H,5-6H2,1-2H3,(H,17,18). The lowest BCUT2D eigenvalue weighted by molar-refractivity contribution is -0.173. The molecule has 1 aliphatic heterocycles. The predicted molar refractivity (Wildman–Crippen MR) is 78.7 cm³/mol. The molecule has 1 N–H and O–H groups in total. The van der Waals surface area contributed by atoms with Gasteiger partial charge >= 0.3 is 5.97 Å². The van der Waals surface area contributed by atoms with Crippen molar-refractivity contribution in [3.05, 3.63) is 20.8 Å². The molecular formula is C13H16BrNO4S. The second-order valence-electron chi connectivity index (χ2n) is 5.09. The summed E-state index contributed by atoms with van der Waals surface area (Å²) in [7, 11) is 0. The number of nitrogens with zero attached hydrogens (tertiary/aromatic N) is 1. The summed E-state index contributed by atoms with van der Waals surface area (Å²) in [5, 5.41) is 11.2. The van der Waals surface area contributed by atoms with Gasteiger partial charge in [-0.15, -0.1) is 11.3 Å². The van der Waals surface area contributed by atoms with Crippen LogP contribution < -0.4 is 0 Å². The van der Waals surface area contributed by atoms with Gasteiger partial charge in [-0.2, -0.15) is 0 Å². The van der Waals surface area contributed by atoms with Crippen LogP contribution in [-0.4, -0.2) is 41.1 Å². The molecule has 110 valence electrons. The van der Waals surface area contributed by atoms with Crippen LogP contribution in [0.2, 0.25) is 0 Å². The minimum Gasteiger partial charge on any atom is -0.479 e. The van der Waals surface area contributed by atoms with E-state index in [2.05, 4.69) is 15.9 Å². The van der Waals surface area contributed by atoms with Crippen molar-refractivity contribution in [2.45, 2.75) is 26.0 Å². The Balaban J connectivity index is 2.41. The molecule has 1 fully saturated rings. The third-order valence-electron chi connectivity index (χ3n) is 3.05. The fourth-order valence-corrected chi connectivity index (χ4v) is 4.01.